The van der Waals surface area contributed by atoms with E-state index in [1.165, 1.54) is 0 Å². The second-order valence-electron chi connectivity index (χ2n) is 5.05. The molecule has 5 nitrogen and oxygen atoms in total. The predicted molar refractivity (Wildman–Crippen MR) is 85.8 cm³/mol. The van der Waals surface area contributed by atoms with Crippen molar-refractivity contribution in [2.45, 2.75) is 46.1 Å². The van der Waals surface area contributed by atoms with Crippen LogP contribution >= 0.6 is 0 Å². The van der Waals surface area contributed by atoms with Gasteiger partial charge in [-0.05, 0) is 31.4 Å². The van der Waals surface area contributed by atoms with E-state index in [9.17, 15) is 4.79 Å². The first kappa shape index (κ1) is 17.4. The van der Waals surface area contributed by atoms with Crippen molar-refractivity contribution in [3.63, 3.8) is 0 Å². The minimum Gasteiger partial charge on any atom is -0.383 e. The monoisotopic (exact) mass is 293 g/mol. The van der Waals surface area contributed by atoms with Crippen molar-refractivity contribution in [2.24, 2.45) is 0 Å². The molecule has 0 aliphatic carbocycles. The molecule has 0 fully saturated rings. The van der Waals surface area contributed by atoms with E-state index >= 15 is 0 Å². The molecule has 0 aliphatic heterocycles. The highest BCUT2D eigenvalue weighted by atomic mass is 16.5. The second kappa shape index (κ2) is 9.34. The van der Waals surface area contributed by atoms with E-state index in [-0.39, 0.29) is 11.9 Å². The van der Waals surface area contributed by atoms with E-state index in [0.717, 1.165) is 37.3 Å². The number of hydrogen-bond donors (Lipinski definition) is 2. The van der Waals surface area contributed by atoms with Gasteiger partial charge in [0.15, 0.2) is 0 Å². The molecule has 0 bridgehead atoms. The van der Waals surface area contributed by atoms with Gasteiger partial charge in [0, 0.05) is 24.9 Å². The summed E-state index contributed by atoms with van der Waals surface area (Å²) in [4.78, 5) is 16.9. The lowest BCUT2D eigenvalue weighted by Crippen LogP contribution is -2.37. The Balaban J connectivity index is 2.86. The normalized spacial score (nSPS) is 12.0. The number of aromatic nitrogens is 1. The first-order valence-corrected chi connectivity index (χ1v) is 7.69. The fraction of sp³-hybridized carbons (Fsp3) is 0.625. The Morgan fingerprint density at radius 2 is 2.10 bits per heavy atom. The highest BCUT2D eigenvalue weighted by molar-refractivity contribution is 5.95. The van der Waals surface area contributed by atoms with Crippen LogP contribution in [0.3, 0.4) is 0 Å². The van der Waals surface area contributed by atoms with Crippen molar-refractivity contribution in [1.29, 1.82) is 0 Å². The first-order valence-electron chi connectivity index (χ1n) is 7.69. The minimum absolute atomic E-state index is 0.0350. The molecule has 118 valence electrons. The third-order valence-electron chi connectivity index (χ3n) is 3.25. The number of hydrogen-bond acceptors (Lipinski definition) is 4. The molecule has 21 heavy (non-hydrogen) atoms. The van der Waals surface area contributed by atoms with Crippen molar-refractivity contribution in [3.05, 3.63) is 23.4 Å². The number of methoxy groups -OCH3 is 1. The molecule has 5 heteroatoms. The molecule has 1 atom stereocenters. The summed E-state index contributed by atoms with van der Waals surface area (Å²) < 4.78 is 5.11. The van der Waals surface area contributed by atoms with Crippen molar-refractivity contribution >= 4 is 11.7 Å². The maximum atomic E-state index is 12.4. The van der Waals surface area contributed by atoms with Crippen LogP contribution in [0.25, 0.3) is 0 Å². The summed E-state index contributed by atoms with van der Waals surface area (Å²) in [6, 6.07) is 3.70. The van der Waals surface area contributed by atoms with E-state index in [4.69, 9.17) is 4.74 Å². The molecule has 0 saturated heterocycles. The van der Waals surface area contributed by atoms with E-state index in [2.05, 4.69) is 22.5 Å². The summed E-state index contributed by atoms with van der Waals surface area (Å²) in [7, 11) is 1.64. The van der Waals surface area contributed by atoms with Crippen LogP contribution in [0, 0.1) is 0 Å². The molecular weight excluding hydrogens is 266 g/mol. The number of carbonyl (C=O) groups is 1. The average molecular weight is 293 g/mol. The summed E-state index contributed by atoms with van der Waals surface area (Å²) in [5.74, 6) is 0.691. The lowest BCUT2D eigenvalue weighted by atomic mass is 10.1. The standard InChI is InChI=1S/C16H27N3O2/c1-5-8-17-15-10-12(9-13(6-2)18-15)16(20)19-14(7-3)11-21-4/h9-10,14H,5-8,11H2,1-4H3,(H,17,18)(H,19,20). The van der Waals surface area contributed by atoms with E-state index in [1.54, 1.807) is 7.11 Å². The lowest BCUT2D eigenvalue weighted by Gasteiger charge is -2.16. The summed E-state index contributed by atoms with van der Waals surface area (Å²) in [6.45, 7) is 7.54. The van der Waals surface area contributed by atoms with Crippen LogP contribution in [-0.4, -0.2) is 37.2 Å². The number of anilines is 1. The summed E-state index contributed by atoms with van der Waals surface area (Å²) in [5.41, 5.74) is 1.57. The molecule has 1 rings (SSSR count). The SMILES string of the molecule is CCCNc1cc(C(=O)NC(CC)COC)cc(CC)n1. The maximum absolute atomic E-state index is 12.4. The van der Waals surface area contributed by atoms with E-state index in [1.807, 2.05) is 26.0 Å². The molecular formula is C16H27N3O2. The fourth-order valence-corrected chi connectivity index (χ4v) is 1.98. The molecule has 2 N–H and O–H groups in total. The predicted octanol–water partition coefficient (Wildman–Crippen LogP) is 2.62. The van der Waals surface area contributed by atoms with Crippen LogP contribution in [0.5, 0.6) is 0 Å². The molecule has 1 aromatic heterocycles. The van der Waals surface area contributed by atoms with Gasteiger partial charge in [-0.1, -0.05) is 20.8 Å². The van der Waals surface area contributed by atoms with Gasteiger partial charge in [-0.15, -0.1) is 0 Å². The molecule has 0 radical (unpaired) electrons. The fourth-order valence-electron chi connectivity index (χ4n) is 1.98. The zero-order valence-corrected chi connectivity index (χ0v) is 13.5. The van der Waals surface area contributed by atoms with Gasteiger partial charge in [0.05, 0.1) is 12.6 Å². The van der Waals surface area contributed by atoms with Crippen LogP contribution in [0.4, 0.5) is 5.82 Å². The molecule has 1 aromatic rings. The Bertz CT molecular complexity index is 449. The van der Waals surface area contributed by atoms with Crippen molar-refractivity contribution in [1.82, 2.24) is 10.3 Å². The number of pyridine rings is 1. The Morgan fingerprint density at radius 3 is 2.67 bits per heavy atom. The van der Waals surface area contributed by atoms with Crippen LogP contribution in [0.1, 0.15) is 49.7 Å². The van der Waals surface area contributed by atoms with Gasteiger partial charge >= 0.3 is 0 Å². The van der Waals surface area contributed by atoms with Crippen LogP contribution in [-0.2, 0) is 11.2 Å². The number of amides is 1. The van der Waals surface area contributed by atoms with Crippen molar-refractivity contribution < 1.29 is 9.53 Å². The molecule has 0 aromatic carbocycles. The zero-order valence-electron chi connectivity index (χ0n) is 13.5. The van der Waals surface area contributed by atoms with Crippen molar-refractivity contribution in [3.8, 4) is 0 Å². The lowest BCUT2D eigenvalue weighted by molar-refractivity contribution is 0.0894. The number of carbonyl (C=O) groups excluding carboxylic acids is 1. The Morgan fingerprint density at radius 1 is 1.33 bits per heavy atom. The van der Waals surface area contributed by atoms with Crippen LogP contribution in [0.2, 0.25) is 0 Å². The summed E-state index contributed by atoms with van der Waals surface area (Å²) in [6.07, 6.45) is 2.66. The van der Waals surface area contributed by atoms with E-state index < -0.39 is 0 Å². The third kappa shape index (κ3) is 5.71. The molecule has 1 unspecified atom stereocenters. The molecule has 1 amide bonds. The highest BCUT2D eigenvalue weighted by Gasteiger charge is 2.14. The van der Waals surface area contributed by atoms with Gasteiger partial charge in [0.25, 0.3) is 5.91 Å². The smallest absolute Gasteiger partial charge is 0.251 e. The number of aryl methyl sites for hydroxylation is 1. The Kier molecular flexibility index (Phi) is 7.75. The Labute approximate surface area is 127 Å². The summed E-state index contributed by atoms with van der Waals surface area (Å²) in [5, 5.41) is 6.24. The van der Waals surface area contributed by atoms with Crippen LogP contribution < -0.4 is 10.6 Å². The number of nitrogens with one attached hydrogen (secondary N) is 2. The molecule has 0 aliphatic rings. The van der Waals surface area contributed by atoms with Gasteiger partial charge in [-0.3, -0.25) is 4.79 Å². The first-order chi connectivity index (χ1) is 10.1. The van der Waals surface area contributed by atoms with Crippen molar-refractivity contribution in [2.75, 3.05) is 25.6 Å². The van der Waals surface area contributed by atoms with Gasteiger partial charge in [0.1, 0.15) is 5.82 Å². The zero-order chi connectivity index (χ0) is 15.7. The second-order valence-corrected chi connectivity index (χ2v) is 5.05. The highest BCUT2D eigenvalue weighted by Crippen LogP contribution is 2.12. The van der Waals surface area contributed by atoms with Gasteiger partial charge < -0.3 is 15.4 Å². The average Bonchev–Trinajstić information content (AvgIpc) is 2.51. The molecule has 1 heterocycles. The largest absolute Gasteiger partial charge is 0.383 e. The number of ether oxygens (including phenoxy) is 1. The molecule has 0 spiro atoms. The van der Waals surface area contributed by atoms with Gasteiger partial charge in [-0.25, -0.2) is 4.98 Å². The van der Waals surface area contributed by atoms with E-state index in [0.29, 0.717) is 12.2 Å². The topological polar surface area (TPSA) is 63.2 Å². The minimum atomic E-state index is -0.0736. The van der Waals surface area contributed by atoms with Gasteiger partial charge in [-0.2, -0.15) is 0 Å². The quantitative estimate of drug-likeness (QED) is 0.734. The third-order valence-corrected chi connectivity index (χ3v) is 3.25. The number of nitrogens with zero attached hydrogens (tertiary/aromatic N) is 1. The van der Waals surface area contributed by atoms with Crippen LogP contribution in [0.15, 0.2) is 12.1 Å². The maximum Gasteiger partial charge on any atom is 0.251 e. The Hall–Kier alpha value is -1.62. The molecule has 0 saturated carbocycles. The number of rotatable bonds is 9. The van der Waals surface area contributed by atoms with Gasteiger partial charge in [0.2, 0.25) is 0 Å². The summed E-state index contributed by atoms with van der Waals surface area (Å²) >= 11 is 0.